The van der Waals surface area contributed by atoms with Gasteiger partial charge in [0.05, 0.1) is 11.7 Å². The minimum absolute atomic E-state index is 0.0166. The van der Waals surface area contributed by atoms with Gasteiger partial charge in [-0.1, -0.05) is 57.2 Å². The summed E-state index contributed by atoms with van der Waals surface area (Å²) in [5.41, 5.74) is 5.83. The van der Waals surface area contributed by atoms with Gasteiger partial charge in [-0.25, -0.2) is 4.98 Å². The second kappa shape index (κ2) is 12.4. The highest BCUT2D eigenvalue weighted by molar-refractivity contribution is 14.1. The van der Waals surface area contributed by atoms with Crippen molar-refractivity contribution in [2.45, 2.75) is 58.5 Å². The number of carbonyl (C=O) groups is 1. The number of rotatable bonds is 4. The molecular weight excluding hydrogens is 643 g/mol. The van der Waals surface area contributed by atoms with Gasteiger partial charge in [-0.15, -0.1) is 0 Å². The molecule has 1 aromatic heterocycles. The fourth-order valence-electron chi connectivity index (χ4n) is 5.15. The highest BCUT2D eigenvalue weighted by atomic mass is 127. The number of aromatic nitrogens is 2. The zero-order valence-corrected chi connectivity index (χ0v) is 27.0. The Balaban J connectivity index is 1.60. The van der Waals surface area contributed by atoms with Gasteiger partial charge < -0.3 is 9.64 Å². The molecular formula is C33H35IN4O2S. The van der Waals surface area contributed by atoms with E-state index in [1.807, 2.05) is 35.2 Å². The summed E-state index contributed by atoms with van der Waals surface area (Å²) >= 11 is 3.69. The van der Waals surface area contributed by atoms with E-state index >= 15 is 0 Å². The van der Waals surface area contributed by atoms with Crippen molar-refractivity contribution in [1.29, 1.82) is 0 Å². The van der Waals surface area contributed by atoms with E-state index in [-0.39, 0.29) is 17.4 Å². The van der Waals surface area contributed by atoms with Gasteiger partial charge in [-0.3, -0.25) is 9.52 Å². The van der Waals surface area contributed by atoms with Gasteiger partial charge in [0, 0.05) is 32.2 Å². The number of aryl methyl sites for hydroxylation is 2. The number of hydrogen-bond acceptors (Lipinski definition) is 6. The average Bonchev–Trinajstić information content (AvgIpc) is 2.93. The lowest BCUT2D eigenvalue weighted by molar-refractivity contribution is 0.0513. The molecule has 0 unspecified atom stereocenters. The maximum absolute atomic E-state index is 14.2. The van der Waals surface area contributed by atoms with Crippen molar-refractivity contribution < 1.29 is 9.53 Å². The van der Waals surface area contributed by atoms with Gasteiger partial charge in [0.2, 0.25) is 11.8 Å². The van der Waals surface area contributed by atoms with E-state index in [4.69, 9.17) is 14.7 Å². The van der Waals surface area contributed by atoms with Crippen molar-refractivity contribution >= 4 is 46.4 Å². The van der Waals surface area contributed by atoms with Crippen molar-refractivity contribution in [3.8, 4) is 17.1 Å². The van der Waals surface area contributed by atoms with Gasteiger partial charge in [-0.05, 0) is 107 Å². The molecule has 8 heteroatoms. The SMILES string of the molecule is Cc1cccc(C)c1-c1cc2nc(n1)NSc1cccc(c1)C(=O)N(Cc1ccc(I)cc1)[C@H](CC(C)(C)C)CO2. The third-order valence-electron chi connectivity index (χ3n) is 7.02. The van der Waals surface area contributed by atoms with Crippen molar-refractivity contribution in [2.75, 3.05) is 11.3 Å². The van der Waals surface area contributed by atoms with Gasteiger partial charge in [-0.2, -0.15) is 4.98 Å². The van der Waals surface area contributed by atoms with Gasteiger partial charge in [0.1, 0.15) is 6.61 Å². The third kappa shape index (κ3) is 7.40. The lowest BCUT2D eigenvalue weighted by Crippen LogP contribution is -2.45. The number of anilines is 1. The van der Waals surface area contributed by atoms with Crippen LogP contribution in [0.5, 0.6) is 5.88 Å². The van der Waals surface area contributed by atoms with Crippen molar-refractivity contribution in [1.82, 2.24) is 14.9 Å². The standard InChI is InChI=1S/C33H35IN4O2S/c1-21-8-6-9-22(2)30(21)28-17-29-36-32(35-28)37-41-27-11-7-10-24(16-27)31(39)38(19-23-12-14-25(34)15-13-23)26(20-40-29)18-33(3,4)5/h6-17,26H,18-20H2,1-5H3,(H,35,36,37)/t26-/m1/s1. The summed E-state index contributed by atoms with van der Waals surface area (Å²) in [5.74, 6) is 0.925. The molecule has 212 valence electrons. The lowest BCUT2D eigenvalue weighted by Gasteiger charge is -2.36. The van der Waals surface area contributed by atoms with Crippen LogP contribution < -0.4 is 9.46 Å². The molecule has 1 atom stereocenters. The summed E-state index contributed by atoms with van der Waals surface area (Å²) in [4.78, 5) is 26.6. The number of nitrogens with zero attached hydrogens (tertiary/aromatic N) is 3. The minimum Gasteiger partial charge on any atom is -0.475 e. The Bertz CT molecular complexity index is 1530. The van der Waals surface area contributed by atoms with E-state index in [9.17, 15) is 4.79 Å². The fraction of sp³-hybridized carbons (Fsp3) is 0.303. The molecule has 5 rings (SSSR count). The van der Waals surface area contributed by atoms with Crippen molar-refractivity contribution in [2.24, 2.45) is 5.41 Å². The number of ether oxygens (including phenoxy) is 1. The summed E-state index contributed by atoms with van der Waals surface area (Å²) in [6.45, 7) is 11.6. The molecule has 6 nitrogen and oxygen atoms in total. The van der Waals surface area contributed by atoms with Crippen LogP contribution in [-0.4, -0.2) is 33.4 Å². The Labute approximate surface area is 260 Å². The topological polar surface area (TPSA) is 67.4 Å². The zero-order valence-electron chi connectivity index (χ0n) is 24.1. The maximum Gasteiger partial charge on any atom is 0.254 e. The summed E-state index contributed by atoms with van der Waals surface area (Å²) in [6, 6.07) is 24.0. The predicted octanol–water partition coefficient (Wildman–Crippen LogP) is 8.32. The Morgan fingerprint density at radius 3 is 2.41 bits per heavy atom. The monoisotopic (exact) mass is 678 g/mol. The first-order valence-corrected chi connectivity index (χ1v) is 15.6. The Morgan fingerprint density at radius 2 is 1.71 bits per heavy atom. The highest BCUT2D eigenvalue weighted by Gasteiger charge is 2.30. The molecule has 1 aliphatic heterocycles. The van der Waals surface area contributed by atoms with E-state index < -0.39 is 0 Å². The summed E-state index contributed by atoms with van der Waals surface area (Å²) < 4.78 is 10.9. The van der Waals surface area contributed by atoms with E-state index in [2.05, 4.69) is 104 Å². The molecule has 41 heavy (non-hydrogen) atoms. The Kier molecular flexibility index (Phi) is 8.89. The van der Waals surface area contributed by atoms with Gasteiger partial charge >= 0.3 is 0 Å². The second-order valence-corrected chi connectivity index (χ2v) is 13.8. The molecule has 4 bridgehead atoms. The van der Waals surface area contributed by atoms with Crippen LogP contribution in [0.3, 0.4) is 0 Å². The number of hydrogen-bond donors (Lipinski definition) is 1. The quantitative estimate of drug-likeness (QED) is 0.173. The summed E-state index contributed by atoms with van der Waals surface area (Å²) in [6.07, 6.45) is 0.761. The number of fused-ring (bicyclic) bond motifs is 4. The fourth-order valence-corrected chi connectivity index (χ4v) is 6.15. The van der Waals surface area contributed by atoms with Crippen LogP contribution in [0.2, 0.25) is 0 Å². The molecule has 4 aromatic rings. The van der Waals surface area contributed by atoms with E-state index in [0.717, 1.165) is 42.8 Å². The third-order valence-corrected chi connectivity index (χ3v) is 8.51. The minimum atomic E-state index is -0.186. The molecule has 0 radical (unpaired) electrons. The molecule has 0 aliphatic carbocycles. The number of amides is 1. The van der Waals surface area contributed by atoms with E-state index in [1.165, 1.54) is 11.9 Å². The first-order chi connectivity index (χ1) is 19.6. The first kappa shape index (κ1) is 29.4. The maximum atomic E-state index is 14.2. The van der Waals surface area contributed by atoms with E-state index in [0.29, 0.717) is 30.5 Å². The van der Waals surface area contributed by atoms with Crippen LogP contribution in [0, 0.1) is 22.8 Å². The molecule has 1 aliphatic rings. The summed E-state index contributed by atoms with van der Waals surface area (Å²) in [5, 5.41) is 0. The molecule has 1 amide bonds. The molecule has 1 N–H and O–H groups in total. The van der Waals surface area contributed by atoms with Crippen molar-refractivity contribution in [3.63, 3.8) is 0 Å². The van der Waals surface area contributed by atoms with Crippen molar-refractivity contribution in [3.05, 3.63) is 98.6 Å². The second-order valence-electron chi connectivity index (χ2n) is 11.7. The predicted molar refractivity (Wildman–Crippen MR) is 175 cm³/mol. The molecule has 3 aromatic carbocycles. The number of nitrogens with one attached hydrogen (secondary N) is 1. The first-order valence-electron chi connectivity index (χ1n) is 13.7. The molecule has 0 saturated carbocycles. The van der Waals surface area contributed by atoms with E-state index in [1.54, 1.807) is 0 Å². The normalized spacial score (nSPS) is 15.7. The highest BCUT2D eigenvalue weighted by Crippen LogP contribution is 2.32. The van der Waals surface area contributed by atoms with Crippen LogP contribution in [-0.2, 0) is 6.54 Å². The average molecular weight is 679 g/mol. The smallest absolute Gasteiger partial charge is 0.254 e. The lowest BCUT2D eigenvalue weighted by atomic mass is 9.87. The molecule has 2 heterocycles. The van der Waals surface area contributed by atoms with Crippen LogP contribution in [0.15, 0.2) is 77.7 Å². The Morgan fingerprint density at radius 1 is 1.00 bits per heavy atom. The number of carbonyl (C=O) groups excluding carboxylic acids is 1. The molecule has 0 saturated heterocycles. The zero-order chi connectivity index (χ0) is 29.1. The van der Waals surface area contributed by atoms with Gasteiger partial charge in [0.15, 0.2) is 0 Å². The van der Waals surface area contributed by atoms with Crippen LogP contribution >= 0.6 is 34.5 Å². The number of benzene rings is 3. The molecule has 0 fully saturated rings. The summed E-state index contributed by atoms with van der Waals surface area (Å²) in [7, 11) is 0. The van der Waals surface area contributed by atoms with Gasteiger partial charge in [0.25, 0.3) is 5.91 Å². The Hall–Kier alpha value is -3.11. The van der Waals surface area contributed by atoms with Crippen LogP contribution in [0.25, 0.3) is 11.3 Å². The molecule has 0 spiro atoms. The number of halogens is 1. The largest absolute Gasteiger partial charge is 0.475 e. The van der Waals surface area contributed by atoms with Crippen LogP contribution in [0.1, 0.15) is 54.2 Å². The van der Waals surface area contributed by atoms with Crippen LogP contribution in [0.4, 0.5) is 5.95 Å².